The van der Waals surface area contributed by atoms with E-state index in [0.29, 0.717) is 19.4 Å². The van der Waals surface area contributed by atoms with E-state index in [4.69, 9.17) is 14.9 Å². The fourth-order valence-electron chi connectivity index (χ4n) is 2.18. The van der Waals surface area contributed by atoms with Crippen LogP contribution in [0.3, 0.4) is 0 Å². The second-order valence-corrected chi connectivity index (χ2v) is 7.27. The Hall–Kier alpha value is -1.60. The predicted molar refractivity (Wildman–Crippen MR) is 117 cm³/mol. The summed E-state index contributed by atoms with van der Waals surface area (Å²) in [5, 5.41) is 16.1. The van der Waals surface area contributed by atoms with Crippen LogP contribution < -0.4 is 0 Å². The van der Waals surface area contributed by atoms with Crippen LogP contribution in [-0.2, 0) is 23.8 Å². The van der Waals surface area contributed by atoms with E-state index in [2.05, 4.69) is 9.47 Å². The van der Waals surface area contributed by atoms with Crippen molar-refractivity contribution >= 4 is 11.9 Å². The van der Waals surface area contributed by atoms with Crippen molar-refractivity contribution in [1.82, 2.24) is 0 Å². The Bertz CT molecular complexity index is 486. The number of hydrogen-bond acceptors (Lipinski definition) is 7. The molecule has 0 aliphatic carbocycles. The molecule has 0 unspecified atom stereocenters. The van der Waals surface area contributed by atoms with Crippen molar-refractivity contribution in [2.24, 2.45) is 0 Å². The van der Waals surface area contributed by atoms with Crippen LogP contribution in [-0.4, -0.2) is 75.2 Å². The molecule has 7 nitrogen and oxygen atoms in total. The summed E-state index contributed by atoms with van der Waals surface area (Å²) in [6.45, 7) is -0.498. The number of carbonyl (C=O) groups excluding carboxylic acids is 2. The Kier molecular flexibility index (Phi) is 27.6. The molecule has 0 fully saturated rings. The number of alkyl halides is 6. The van der Waals surface area contributed by atoms with Gasteiger partial charge in [0, 0.05) is 26.1 Å². The quantitative estimate of drug-likeness (QED) is 0.162. The molecule has 0 atom stereocenters. The molecule has 0 aliphatic rings. The molecule has 0 amide bonds. The summed E-state index contributed by atoms with van der Waals surface area (Å²) in [4.78, 5) is 21.3. The van der Waals surface area contributed by atoms with Crippen molar-refractivity contribution in [3.8, 4) is 0 Å². The lowest BCUT2D eigenvalue weighted by molar-refractivity contribution is -0.145. The number of hydrogen-bond donors (Lipinski definition) is 2. The Balaban J connectivity index is -0.000000486. The minimum absolute atomic E-state index is 0.144. The Labute approximate surface area is 203 Å². The fourth-order valence-corrected chi connectivity index (χ4v) is 2.18. The molecule has 0 bridgehead atoms. The summed E-state index contributed by atoms with van der Waals surface area (Å²) in [6.07, 6.45) is -2.57. The summed E-state index contributed by atoms with van der Waals surface area (Å²) in [5.41, 5.74) is 0. The first-order valence-corrected chi connectivity index (χ1v) is 11.4. The van der Waals surface area contributed by atoms with E-state index in [1.165, 1.54) is 14.2 Å². The van der Waals surface area contributed by atoms with Gasteiger partial charge >= 0.3 is 24.3 Å². The van der Waals surface area contributed by atoms with E-state index in [0.717, 1.165) is 51.4 Å². The highest BCUT2D eigenvalue weighted by Gasteiger charge is 2.26. The van der Waals surface area contributed by atoms with Crippen LogP contribution >= 0.6 is 0 Å². The number of halogens is 6. The maximum Gasteiger partial charge on any atom is 0.391 e. The fraction of sp³-hybridized carbons (Fsp3) is 0.909. The molecule has 0 saturated heterocycles. The lowest BCUT2D eigenvalue weighted by atomic mass is 10.1. The van der Waals surface area contributed by atoms with Crippen LogP contribution in [0.1, 0.15) is 77.0 Å². The number of aliphatic hydroxyl groups is 2. The molecule has 0 rings (SSSR count). The van der Waals surface area contributed by atoms with Gasteiger partial charge in [-0.05, 0) is 25.7 Å². The number of aliphatic hydroxyl groups excluding tert-OH is 2. The molecule has 0 heterocycles. The number of carbonyl (C=O) groups is 2. The van der Waals surface area contributed by atoms with Crippen LogP contribution in [0.5, 0.6) is 0 Å². The van der Waals surface area contributed by atoms with Crippen molar-refractivity contribution in [3.05, 3.63) is 0 Å². The molecule has 212 valence electrons. The van der Waals surface area contributed by atoms with E-state index in [9.17, 15) is 35.9 Å². The molecule has 0 saturated carbocycles. The van der Waals surface area contributed by atoms with Gasteiger partial charge in [0.25, 0.3) is 0 Å². The van der Waals surface area contributed by atoms with Gasteiger partial charge in [0.15, 0.2) is 0 Å². The maximum atomic E-state index is 11.7. The Morgan fingerprint density at radius 3 is 1.37 bits per heavy atom. The van der Waals surface area contributed by atoms with Gasteiger partial charge < -0.3 is 24.4 Å². The monoisotopic (exact) mass is 530 g/mol. The normalized spacial score (nSPS) is 11.0. The van der Waals surface area contributed by atoms with Crippen LogP contribution in [0.2, 0.25) is 0 Å². The maximum absolute atomic E-state index is 11.7. The lowest BCUT2D eigenvalue weighted by Crippen LogP contribution is -2.11. The predicted octanol–water partition coefficient (Wildman–Crippen LogP) is 5.11. The molecule has 35 heavy (non-hydrogen) atoms. The minimum atomic E-state index is -4.20. The van der Waals surface area contributed by atoms with Gasteiger partial charge in [-0.15, -0.1) is 0 Å². The summed E-state index contributed by atoms with van der Waals surface area (Å²) < 4.78 is 81.6. The molecule has 0 aromatic rings. The zero-order chi connectivity index (χ0) is 27.6. The topological polar surface area (TPSA) is 102 Å². The summed E-state index contributed by atoms with van der Waals surface area (Å²) >= 11 is 0. The zero-order valence-corrected chi connectivity index (χ0v) is 20.5. The van der Waals surface area contributed by atoms with E-state index < -0.39 is 31.8 Å². The first-order valence-electron chi connectivity index (χ1n) is 11.4. The van der Waals surface area contributed by atoms with E-state index >= 15 is 0 Å². The van der Waals surface area contributed by atoms with E-state index in [-0.39, 0.29) is 25.2 Å². The van der Waals surface area contributed by atoms with Crippen molar-refractivity contribution in [2.45, 2.75) is 89.4 Å². The van der Waals surface area contributed by atoms with E-state index in [1.807, 2.05) is 0 Å². The molecule has 0 aliphatic heterocycles. The van der Waals surface area contributed by atoms with Crippen molar-refractivity contribution in [3.63, 3.8) is 0 Å². The molecule has 0 radical (unpaired) electrons. The molecule has 0 spiro atoms. The molecular formula is C22H40F6O7. The van der Waals surface area contributed by atoms with Gasteiger partial charge in [-0.2, -0.15) is 26.3 Å². The van der Waals surface area contributed by atoms with Gasteiger partial charge in [0.05, 0.1) is 40.3 Å². The number of methoxy groups -OCH3 is 2. The zero-order valence-electron chi connectivity index (χ0n) is 20.5. The molecule has 13 heteroatoms. The number of ether oxygens (including phenoxy) is 3. The highest BCUT2D eigenvalue weighted by atomic mass is 19.4. The van der Waals surface area contributed by atoms with Crippen LogP contribution in [0.4, 0.5) is 26.3 Å². The Morgan fingerprint density at radius 1 is 0.600 bits per heavy atom. The van der Waals surface area contributed by atoms with Crippen molar-refractivity contribution in [2.75, 3.05) is 40.6 Å². The number of unbranched alkanes of at least 4 members (excludes halogenated alkanes) is 6. The summed E-state index contributed by atoms with van der Waals surface area (Å²) in [7, 11) is 2.74. The third-order valence-electron chi connectivity index (χ3n) is 4.09. The Morgan fingerprint density at radius 2 is 1.03 bits per heavy atom. The summed E-state index contributed by atoms with van der Waals surface area (Å²) in [6, 6.07) is 0. The lowest BCUT2D eigenvalue weighted by Gasteiger charge is -2.06. The summed E-state index contributed by atoms with van der Waals surface area (Å²) in [5.74, 6) is -0.375. The third kappa shape index (κ3) is 43.0. The van der Waals surface area contributed by atoms with Crippen molar-refractivity contribution in [1.29, 1.82) is 0 Å². The van der Waals surface area contributed by atoms with Gasteiger partial charge in [-0.1, -0.05) is 25.7 Å². The average Bonchev–Trinajstić information content (AvgIpc) is 2.76. The van der Waals surface area contributed by atoms with Crippen molar-refractivity contribution < 1.29 is 60.4 Å². The van der Waals surface area contributed by atoms with Gasteiger partial charge in [0.1, 0.15) is 0 Å². The third-order valence-corrected chi connectivity index (χ3v) is 4.09. The SMILES string of the molecule is COC(=O)CCCCCCO.COC(=O)CCCCCCOCCC(F)(F)F.OCCC(F)(F)F. The largest absolute Gasteiger partial charge is 0.469 e. The number of rotatable bonds is 16. The standard InChI is InChI=1S/C11H19F3O3.C8H16O3.C3H5F3O/c1-16-10(15)6-4-2-3-5-8-17-9-7-11(12,13)14;1-11-8(10)6-4-2-3-5-7-9;4-3(5,6)1-2-7/h2-9H2,1H3;9H,2-7H2,1H3;7H,1-2H2. The minimum Gasteiger partial charge on any atom is -0.469 e. The van der Waals surface area contributed by atoms with Gasteiger partial charge in [0.2, 0.25) is 0 Å². The van der Waals surface area contributed by atoms with E-state index in [1.54, 1.807) is 0 Å². The highest BCUT2D eigenvalue weighted by molar-refractivity contribution is 5.69. The molecule has 0 aromatic carbocycles. The molecular weight excluding hydrogens is 490 g/mol. The smallest absolute Gasteiger partial charge is 0.391 e. The first kappa shape index (κ1) is 37.9. The van der Waals surface area contributed by atoms with Crippen LogP contribution in [0.15, 0.2) is 0 Å². The van der Waals surface area contributed by atoms with Gasteiger partial charge in [-0.25, -0.2) is 0 Å². The highest BCUT2D eigenvalue weighted by Crippen LogP contribution is 2.19. The van der Waals surface area contributed by atoms with Gasteiger partial charge in [-0.3, -0.25) is 9.59 Å². The number of esters is 2. The first-order chi connectivity index (χ1) is 16.3. The van der Waals surface area contributed by atoms with Crippen LogP contribution in [0, 0.1) is 0 Å². The second-order valence-electron chi connectivity index (χ2n) is 7.27. The second kappa shape index (κ2) is 25.5. The molecule has 2 N–H and O–H groups in total. The molecule has 0 aromatic heterocycles. The van der Waals surface area contributed by atoms with Crippen LogP contribution in [0.25, 0.3) is 0 Å². The average molecular weight is 531 g/mol.